The largest absolute Gasteiger partial charge is 0.359 e. The van der Waals surface area contributed by atoms with E-state index in [1.54, 1.807) is 0 Å². The van der Waals surface area contributed by atoms with Crippen molar-refractivity contribution in [2.24, 2.45) is 10.9 Å². The molecule has 0 radical (unpaired) electrons. The van der Waals surface area contributed by atoms with Crippen LogP contribution >= 0.6 is 0 Å². The monoisotopic (exact) mass is 346 g/mol. The number of likely N-dealkylation sites (tertiary alicyclic amines) is 1. The summed E-state index contributed by atoms with van der Waals surface area (Å²) in [5.74, 6) is 1.52. The third-order valence-corrected chi connectivity index (χ3v) is 5.19. The number of hydrogen-bond donors (Lipinski definition) is 1. The molecule has 1 N–H and O–H groups in total. The van der Waals surface area contributed by atoms with Gasteiger partial charge in [0, 0.05) is 48.1 Å². The second kappa shape index (κ2) is 6.75. The standard InChI is InChI=1S/C20H22N6/c1-13(2)20(25-12-21)26-9-3-4-14(11-26)15-5-7-22-17-10-24-19-16(18(15)17)6-8-23-19/h5-8,10,13-14H,3-4,9,11H2,1-2H3,(H,23,24)/t14-/m0/s1. The van der Waals surface area contributed by atoms with Gasteiger partial charge in [-0.25, -0.2) is 4.98 Å². The maximum atomic E-state index is 9.05. The summed E-state index contributed by atoms with van der Waals surface area (Å²) in [5, 5.41) is 11.4. The van der Waals surface area contributed by atoms with Crippen LogP contribution in [0.2, 0.25) is 0 Å². The second-order valence-corrected chi connectivity index (χ2v) is 7.17. The molecule has 1 fully saturated rings. The highest BCUT2D eigenvalue weighted by atomic mass is 15.2. The van der Waals surface area contributed by atoms with Crippen molar-refractivity contribution in [1.29, 1.82) is 5.26 Å². The first-order valence-electron chi connectivity index (χ1n) is 9.11. The lowest BCUT2D eigenvalue weighted by atomic mass is 9.87. The minimum atomic E-state index is 0.239. The van der Waals surface area contributed by atoms with Crippen molar-refractivity contribution in [2.45, 2.75) is 32.6 Å². The van der Waals surface area contributed by atoms with E-state index >= 15 is 0 Å². The SMILES string of the molecule is CC(C)C(=NC#N)N1CCC[C@H](c2ccnc3cnc4[nH]ccc4c23)C1. The number of hydrogen-bond acceptors (Lipinski definition) is 4. The third-order valence-electron chi connectivity index (χ3n) is 5.19. The van der Waals surface area contributed by atoms with E-state index in [1.165, 1.54) is 10.9 Å². The highest BCUT2D eigenvalue weighted by Gasteiger charge is 2.26. The number of rotatable bonds is 2. The molecular formula is C20H22N6. The van der Waals surface area contributed by atoms with Gasteiger partial charge in [-0.2, -0.15) is 10.3 Å². The molecule has 6 nitrogen and oxygen atoms in total. The molecule has 0 unspecified atom stereocenters. The number of aromatic amines is 1. The van der Waals surface area contributed by atoms with Gasteiger partial charge in [-0.1, -0.05) is 13.8 Å². The topological polar surface area (TPSA) is 81.0 Å². The molecule has 1 aliphatic heterocycles. The number of piperidine rings is 1. The van der Waals surface area contributed by atoms with Crippen molar-refractivity contribution in [3.8, 4) is 6.19 Å². The molecule has 0 amide bonds. The summed E-state index contributed by atoms with van der Waals surface area (Å²) in [6.45, 7) is 6.03. The van der Waals surface area contributed by atoms with Crippen LogP contribution in [0.15, 0.2) is 35.7 Å². The van der Waals surface area contributed by atoms with Crippen molar-refractivity contribution in [3.05, 3.63) is 36.3 Å². The van der Waals surface area contributed by atoms with Crippen molar-refractivity contribution in [2.75, 3.05) is 13.1 Å². The molecular weight excluding hydrogens is 324 g/mol. The van der Waals surface area contributed by atoms with Gasteiger partial charge in [0.2, 0.25) is 6.19 Å². The van der Waals surface area contributed by atoms with Crippen LogP contribution in [0.3, 0.4) is 0 Å². The first-order valence-corrected chi connectivity index (χ1v) is 9.11. The molecule has 3 aromatic heterocycles. The van der Waals surface area contributed by atoms with Gasteiger partial charge in [0.1, 0.15) is 11.5 Å². The Morgan fingerprint density at radius 2 is 2.27 bits per heavy atom. The minimum absolute atomic E-state index is 0.239. The van der Waals surface area contributed by atoms with E-state index in [4.69, 9.17) is 5.26 Å². The minimum Gasteiger partial charge on any atom is -0.359 e. The predicted molar refractivity (Wildman–Crippen MR) is 103 cm³/mol. The fourth-order valence-electron chi connectivity index (χ4n) is 4.08. The lowest BCUT2D eigenvalue weighted by Crippen LogP contribution is -2.41. The van der Waals surface area contributed by atoms with Gasteiger partial charge in [-0.15, -0.1) is 0 Å². The number of aromatic nitrogens is 3. The van der Waals surface area contributed by atoms with Gasteiger partial charge in [-0.05, 0) is 30.5 Å². The van der Waals surface area contributed by atoms with E-state index < -0.39 is 0 Å². The molecule has 6 heteroatoms. The zero-order valence-corrected chi connectivity index (χ0v) is 15.1. The maximum Gasteiger partial charge on any atom is 0.207 e. The Kier molecular flexibility index (Phi) is 4.29. The normalized spacial score (nSPS) is 18.6. The van der Waals surface area contributed by atoms with Crippen LogP contribution in [0, 0.1) is 17.4 Å². The lowest BCUT2D eigenvalue weighted by Gasteiger charge is -2.36. The van der Waals surface area contributed by atoms with Crippen molar-refractivity contribution >= 4 is 27.8 Å². The molecule has 0 spiro atoms. The Morgan fingerprint density at radius 3 is 3.08 bits per heavy atom. The fraction of sp³-hybridized carbons (Fsp3) is 0.400. The van der Waals surface area contributed by atoms with E-state index in [9.17, 15) is 0 Å². The molecule has 3 aromatic rings. The van der Waals surface area contributed by atoms with Crippen molar-refractivity contribution in [3.63, 3.8) is 0 Å². The number of pyridine rings is 2. The zero-order valence-electron chi connectivity index (χ0n) is 15.1. The van der Waals surface area contributed by atoms with Crippen LogP contribution in [-0.4, -0.2) is 38.8 Å². The lowest BCUT2D eigenvalue weighted by molar-refractivity contribution is 0.300. The Balaban J connectivity index is 1.77. The number of fused-ring (bicyclic) bond motifs is 3. The highest BCUT2D eigenvalue weighted by Crippen LogP contribution is 2.34. The molecule has 1 saturated heterocycles. The molecule has 0 aliphatic carbocycles. The number of aliphatic imine (C=N–C) groups is 1. The average Bonchev–Trinajstić information content (AvgIpc) is 3.14. The number of amidine groups is 1. The second-order valence-electron chi connectivity index (χ2n) is 7.17. The summed E-state index contributed by atoms with van der Waals surface area (Å²) >= 11 is 0. The Hall–Kier alpha value is -2.94. The van der Waals surface area contributed by atoms with E-state index in [0.717, 1.165) is 48.3 Å². The van der Waals surface area contributed by atoms with Crippen molar-refractivity contribution < 1.29 is 0 Å². The number of nitrogens with one attached hydrogen (secondary N) is 1. The summed E-state index contributed by atoms with van der Waals surface area (Å²) in [6, 6.07) is 4.21. The van der Waals surface area contributed by atoms with E-state index in [2.05, 4.69) is 50.8 Å². The summed E-state index contributed by atoms with van der Waals surface area (Å²) in [4.78, 5) is 18.6. The highest BCUT2D eigenvalue weighted by molar-refractivity contribution is 6.05. The number of nitriles is 1. The molecule has 132 valence electrons. The van der Waals surface area contributed by atoms with Crippen molar-refractivity contribution in [1.82, 2.24) is 19.9 Å². The van der Waals surface area contributed by atoms with Gasteiger partial charge < -0.3 is 9.88 Å². The molecule has 0 saturated carbocycles. The first-order chi connectivity index (χ1) is 12.7. The Labute approximate surface area is 152 Å². The van der Waals surface area contributed by atoms with Crippen LogP contribution in [0.4, 0.5) is 0 Å². The van der Waals surface area contributed by atoms with Gasteiger partial charge in [0.25, 0.3) is 0 Å². The van der Waals surface area contributed by atoms with Crippen LogP contribution in [0.5, 0.6) is 0 Å². The summed E-state index contributed by atoms with van der Waals surface area (Å²) in [6.07, 6.45) is 9.84. The summed E-state index contributed by atoms with van der Waals surface area (Å²) in [7, 11) is 0. The van der Waals surface area contributed by atoms with E-state index in [-0.39, 0.29) is 5.92 Å². The van der Waals surface area contributed by atoms with Crippen LogP contribution in [0.25, 0.3) is 21.9 Å². The van der Waals surface area contributed by atoms with Gasteiger partial charge in [0.05, 0.1) is 11.7 Å². The van der Waals surface area contributed by atoms with Gasteiger partial charge in [0.15, 0.2) is 0 Å². The third kappa shape index (κ3) is 2.80. The summed E-state index contributed by atoms with van der Waals surface area (Å²) in [5.41, 5.74) is 3.14. The van der Waals surface area contributed by atoms with E-state index in [0.29, 0.717) is 5.92 Å². The zero-order chi connectivity index (χ0) is 18.1. The predicted octanol–water partition coefficient (Wildman–Crippen LogP) is 3.83. The van der Waals surface area contributed by atoms with Crippen LogP contribution in [-0.2, 0) is 0 Å². The molecule has 0 aromatic carbocycles. The molecule has 4 heterocycles. The molecule has 1 aliphatic rings. The maximum absolute atomic E-state index is 9.05. The fourth-order valence-corrected chi connectivity index (χ4v) is 4.08. The Bertz CT molecular complexity index is 1010. The molecule has 26 heavy (non-hydrogen) atoms. The average molecular weight is 346 g/mol. The smallest absolute Gasteiger partial charge is 0.207 e. The molecule has 0 bridgehead atoms. The van der Waals surface area contributed by atoms with Crippen LogP contribution < -0.4 is 0 Å². The number of H-pyrrole nitrogens is 1. The molecule has 4 rings (SSSR count). The Morgan fingerprint density at radius 1 is 1.38 bits per heavy atom. The van der Waals surface area contributed by atoms with Gasteiger partial charge in [-0.3, -0.25) is 4.98 Å². The molecule has 1 atom stereocenters. The quantitative estimate of drug-likeness (QED) is 0.434. The summed E-state index contributed by atoms with van der Waals surface area (Å²) < 4.78 is 0. The van der Waals surface area contributed by atoms with Gasteiger partial charge >= 0.3 is 0 Å². The van der Waals surface area contributed by atoms with Crippen LogP contribution in [0.1, 0.15) is 38.2 Å². The van der Waals surface area contributed by atoms with E-state index in [1.807, 2.05) is 24.8 Å². The number of nitrogens with zero attached hydrogens (tertiary/aromatic N) is 5. The first kappa shape index (κ1) is 16.5.